The van der Waals surface area contributed by atoms with Gasteiger partial charge in [0.15, 0.2) is 0 Å². The summed E-state index contributed by atoms with van der Waals surface area (Å²) in [7, 11) is 0. The second kappa shape index (κ2) is 6.84. The summed E-state index contributed by atoms with van der Waals surface area (Å²) in [6.45, 7) is 6.58. The van der Waals surface area contributed by atoms with Crippen LogP contribution >= 0.6 is 0 Å². The quantitative estimate of drug-likeness (QED) is 0.588. The molecule has 0 spiro atoms. The van der Waals surface area contributed by atoms with E-state index in [1.165, 1.54) is 5.56 Å². The van der Waals surface area contributed by atoms with Gasteiger partial charge in [-0.1, -0.05) is 62.4 Å². The number of carbonyl (C=O) groups is 1. The second-order valence-electron chi connectivity index (χ2n) is 6.90. The Morgan fingerprint density at radius 2 is 1.88 bits per heavy atom. The van der Waals surface area contributed by atoms with Crippen LogP contribution in [-0.4, -0.2) is 27.1 Å². The molecule has 1 N–H and O–H groups in total. The van der Waals surface area contributed by atoms with E-state index in [2.05, 4.69) is 53.7 Å². The van der Waals surface area contributed by atoms with Crippen LogP contribution in [0.5, 0.6) is 0 Å². The lowest BCUT2D eigenvalue weighted by molar-refractivity contribution is -0.121. The molecule has 6 heteroatoms. The highest BCUT2D eigenvalue weighted by Crippen LogP contribution is 2.21. The van der Waals surface area contributed by atoms with Crippen LogP contribution in [0, 0.1) is 0 Å². The van der Waals surface area contributed by atoms with Crippen molar-refractivity contribution in [2.24, 2.45) is 5.10 Å². The Balaban J connectivity index is 1.59. The molecule has 0 bridgehead atoms. The van der Waals surface area contributed by atoms with Crippen LogP contribution < -0.4 is 5.43 Å². The molecule has 1 aromatic heterocycles. The third-order valence-electron chi connectivity index (χ3n) is 3.89. The van der Waals surface area contributed by atoms with Crippen LogP contribution in [-0.2, 0) is 16.8 Å². The molecule has 3 aromatic rings. The first-order chi connectivity index (χ1) is 11.9. The fourth-order valence-corrected chi connectivity index (χ4v) is 2.45. The van der Waals surface area contributed by atoms with E-state index in [-0.39, 0.29) is 17.9 Å². The van der Waals surface area contributed by atoms with Gasteiger partial charge >= 0.3 is 0 Å². The average molecular weight is 335 g/mol. The number of fused-ring (bicyclic) bond motifs is 1. The zero-order valence-electron chi connectivity index (χ0n) is 14.6. The van der Waals surface area contributed by atoms with Crippen molar-refractivity contribution < 1.29 is 4.79 Å². The molecular weight excluding hydrogens is 314 g/mol. The van der Waals surface area contributed by atoms with Crippen molar-refractivity contribution in [2.75, 3.05) is 0 Å². The number of nitrogens with one attached hydrogen (secondary N) is 1. The van der Waals surface area contributed by atoms with E-state index in [9.17, 15) is 4.79 Å². The van der Waals surface area contributed by atoms with Gasteiger partial charge in [-0.05, 0) is 28.7 Å². The first-order valence-corrected chi connectivity index (χ1v) is 8.14. The van der Waals surface area contributed by atoms with Crippen molar-refractivity contribution >= 4 is 23.2 Å². The highest BCUT2D eigenvalue weighted by atomic mass is 16.2. The lowest BCUT2D eigenvalue weighted by atomic mass is 9.87. The predicted octanol–water partition coefficient (Wildman–Crippen LogP) is 2.88. The Bertz CT molecular complexity index is 903. The smallest absolute Gasteiger partial charge is 0.261 e. The lowest BCUT2D eigenvalue weighted by Crippen LogP contribution is -2.23. The SMILES string of the molecule is CC(C)(C)c1ccc(C=NNC(=O)Cn2nnc3ccccc32)cc1. The molecule has 1 heterocycles. The molecule has 6 nitrogen and oxygen atoms in total. The van der Waals surface area contributed by atoms with Crippen molar-refractivity contribution in [1.29, 1.82) is 0 Å². The third-order valence-corrected chi connectivity index (χ3v) is 3.89. The number of para-hydroxylation sites is 1. The number of hydrogen-bond acceptors (Lipinski definition) is 4. The Morgan fingerprint density at radius 3 is 2.60 bits per heavy atom. The molecule has 0 fully saturated rings. The highest BCUT2D eigenvalue weighted by molar-refractivity contribution is 5.83. The fraction of sp³-hybridized carbons (Fsp3) is 0.263. The second-order valence-corrected chi connectivity index (χ2v) is 6.90. The van der Waals surface area contributed by atoms with Crippen molar-refractivity contribution in [1.82, 2.24) is 20.4 Å². The maximum atomic E-state index is 12.0. The number of hydrazone groups is 1. The van der Waals surface area contributed by atoms with Crippen LogP contribution in [0.4, 0.5) is 0 Å². The molecule has 0 unspecified atom stereocenters. The summed E-state index contributed by atoms with van der Waals surface area (Å²) in [5.74, 6) is -0.252. The fourth-order valence-electron chi connectivity index (χ4n) is 2.45. The van der Waals surface area contributed by atoms with E-state index in [0.29, 0.717) is 0 Å². The topological polar surface area (TPSA) is 72.2 Å². The molecular formula is C19H21N5O. The number of rotatable bonds is 4. The summed E-state index contributed by atoms with van der Waals surface area (Å²) in [5.41, 5.74) is 6.40. The molecule has 0 radical (unpaired) electrons. The number of carbonyl (C=O) groups excluding carboxylic acids is 1. The number of hydrogen-bond donors (Lipinski definition) is 1. The molecule has 25 heavy (non-hydrogen) atoms. The predicted molar refractivity (Wildman–Crippen MR) is 98.4 cm³/mol. The van der Waals surface area contributed by atoms with E-state index >= 15 is 0 Å². The van der Waals surface area contributed by atoms with E-state index in [0.717, 1.165) is 16.6 Å². The van der Waals surface area contributed by atoms with Gasteiger partial charge in [-0.15, -0.1) is 5.10 Å². The Hall–Kier alpha value is -3.02. The molecule has 2 aromatic carbocycles. The van der Waals surface area contributed by atoms with Crippen LogP contribution in [0.3, 0.4) is 0 Å². The van der Waals surface area contributed by atoms with Gasteiger partial charge in [0, 0.05) is 0 Å². The summed E-state index contributed by atoms with van der Waals surface area (Å²) >= 11 is 0. The molecule has 0 aliphatic heterocycles. The number of benzene rings is 2. The van der Waals surface area contributed by atoms with Gasteiger partial charge < -0.3 is 0 Å². The zero-order valence-corrected chi connectivity index (χ0v) is 14.6. The number of amides is 1. The highest BCUT2D eigenvalue weighted by Gasteiger charge is 2.12. The monoisotopic (exact) mass is 335 g/mol. The number of aromatic nitrogens is 3. The summed E-state index contributed by atoms with van der Waals surface area (Å²) < 4.78 is 1.55. The minimum Gasteiger partial charge on any atom is -0.271 e. The van der Waals surface area contributed by atoms with E-state index < -0.39 is 0 Å². The van der Waals surface area contributed by atoms with Crippen LogP contribution in [0.15, 0.2) is 53.6 Å². The maximum Gasteiger partial charge on any atom is 0.261 e. The molecule has 1 amide bonds. The standard InChI is InChI=1S/C19H21N5O/c1-19(2,3)15-10-8-14(9-11-15)12-20-22-18(25)13-24-17-7-5-4-6-16(17)21-23-24/h4-12H,13H2,1-3H3,(H,22,25). The van der Waals surface area contributed by atoms with Gasteiger partial charge in [0.1, 0.15) is 12.1 Å². The molecule has 0 aliphatic rings. The molecule has 0 saturated carbocycles. The van der Waals surface area contributed by atoms with Crippen molar-refractivity contribution in [3.8, 4) is 0 Å². The molecule has 0 aliphatic carbocycles. The van der Waals surface area contributed by atoms with Gasteiger partial charge in [0.2, 0.25) is 0 Å². The first kappa shape index (κ1) is 16.8. The zero-order chi connectivity index (χ0) is 17.9. The van der Waals surface area contributed by atoms with Gasteiger partial charge in [-0.3, -0.25) is 4.79 Å². The largest absolute Gasteiger partial charge is 0.271 e. The van der Waals surface area contributed by atoms with Crippen molar-refractivity contribution in [3.05, 3.63) is 59.7 Å². The van der Waals surface area contributed by atoms with Gasteiger partial charge in [0.25, 0.3) is 5.91 Å². The van der Waals surface area contributed by atoms with E-state index in [4.69, 9.17) is 0 Å². The molecule has 3 rings (SSSR count). The Kier molecular flexibility index (Phi) is 4.61. The minimum absolute atomic E-state index is 0.0703. The van der Waals surface area contributed by atoms with Crippen LogP contribution in [0.25, 0.3) is 11.0 Å². The van der Waals surface area contributed by atoms with Gasteiger partial charge in [0.05, 0.1) is 11.7 Å². The Morgan fingerprint density at radius 1 is 1.16 bits per heavy atom. The average Bonchev–Trinajstić information content (AvgIpc) is 2.98. The van der Waals surface area contributed by atoms with Crippen LogP contribution in [0.1, 0.15) is 31.9 Å². The normalized spacial score (nSPS) is 12.0. The first-order valence-electron chi connectivity index (χ1n) is 8.14. The van der Waals surface area contributed by atoms with Crippen molar-refractivity contribution in [2.45, 2.75) is 32.7 Å². The number of nitrogens with zero attached hydrogens (tertiary/aromatic N) is 4. The van der Waals surface area contributed by atoms with Crippen molar-refractivity contribution in [3.63, 3.8) is 0 Å². The summed E-state index contributed by atoms with van der Waals surface area (Å²) in [4.78, 5) is 12.0. The minimum atomic E-state index is -0.252. The molecule has 0 atom stereocenters. The van der Waals surface area contributed by atoms with Crippen LogP contribution in [0.2, 0.25) is 0 Å². The van der Waals surface area contributed by atoms with Gasteiger partial charge in [-0.25, -0.2) is 10.1 Å². The van der Waals surface area contributed by atoms with E-state index in [1.54, 1.807) is 10.9 Å². The maximum absolute atomic E-state index is 12.0. The molecule has 0 saturated heterocycles. The summed E-state index contributed by atoms with van der Waals surface area (Å²) in [6.07, 6.45) is 1.63. The lowest BCUT2D eigenvalue weighted by Gasteiger charge is -2.18. The molecule has 128 valence electrons. The van der Waals surface area contributed by atoms with E-state index in [1.807, 2.05) is 36.4 Å². The summed E-state index contributed by atoms with van der Waals surface area (Å²) in [5, 5.41) is 12.0. The summed E-state index contributed by atoms with van der Waals surface area (Å²) in [6, 6.07) is 15.6. The third kappa shape index (κ3) is 4.09. The Labute approximate surface area is 146 Å². The van der Waals surface area contributed by atoms with Gasteiger partial charge in [-0.2, -0.15) is 5.10 Å².